The molecule has 3 heterocycles. The second kappa shape index (κ2) is 7.12. The molecule has 11 heteroatoms. The molecule has 1 saturated heterocycles. The van der Waals surface area contributed by atoms with Crippen molar-refractivity contribution >= 4 is 35.6 Å². The van der Waals surface area contributed by atoms with E-state index in [-0.39, 0.29) is 36.0 Å². The summed E-state index contributed by atoms with van der Waals surface area (Å²) in [6, 6.07) is 2.71. The van der Waals surface area contributed by atoms with Gasteiger partial charge in [-0.2, -0.15) is 0 Å². The van der Waals surface area contributed by atoms with Crippen molar-refractivity contribution in [1.82, 2.24) is 15.2 Å². The summed E-state index contributed by atoms with van der Waals surface area (Å²) in [4.78, 5) is 50.8. The summed E-state index contributed by atoms with van der Waals surface area (Å²) in [5.41, 5.74) is 5.66. The van der Waals surface area contributed by atoms with Gasteiger partial charge in [0, 0.05) is 23.2 Å². The molecule has 0 spiro atoms. The van der Waals surface area contributed by atoms with Gasteiger partial charge in [0.1, 0.15) is 23.7 Å². The molecule has 0 bridgehead atoms. The highest BCUT2D eigenvalue weighted by Gasteiger charge is 2.54. The van der Waals surface area contributed by atoms with E-state index in [2.05, 4.69) is 15.0 Å². The monoisotopic (exact) mass is 380 g/mol. The van der Waals surface area contributed by atoms with Gasteiger partial charge >= 0.3 is 12.1 Å². The molecular formula is C15H16N4O6S. The van der Waals surface area contributed by atoms with Gasteiger partial charge in [-0.15, -0.1) is 11.8 Å². The molecule has 0 saturated carbocycles. The first-order valence-electron chi connectivity index (χ1n) is 7.62. The summed E-state index contributed by atoms with van der Waals surface area (Å²) in [6.07, 6.45) is 0.752. The lowest BCUT2D eigenvalue weighted by Gasteiger charge is -2.49. The third-order valence-corrected chi connectivity index (χ3v) is 5.31. The summed E-state index contributed by atoms with van der Waals surface area (Å²) < 4.78 is 4.65. The Hall–Kier alpha value is -2.95. The van der Waals surface area contributed by atoms with Crippen LogP contribution >= 0.6 is 11.8 Å². The number of nitrogens with zero attached hydrogens (tertiary/aromatic N) is 1. The predicted octanol–water partition coefficient (Wildman–Crippen LogP) is -0.609. The van der Waals surface area contributed by atoms with Gasteiger partial charge in [-0.05, 0) is 12.1 Å². The number of fused-ring (bicyclic) bond motifs is 1. The lowest BCUT2D eigenvalue weighted by atomic mass is 10.0. The van der Waals surface area contributed by atoms with E-state index in [0.717, 1.165) is 4.90 Å². The Bertz CT molecular complexity index is 790. The van der Waals surface area contributed by atoms with Gasteiger partial charge in [-0.1, -0.05) is 0 Å². The number of carbonyl (C=O) groups excluding carboxylic acids is 3. The van der Waals surface area contributed by atoms with Crippen molar-refractivity contribution in [2.45, 2.75) is 17.8 Å². The van der Waals surface area contributed by atoms with E-state index in [1.54, 1.807) is 18.3 Å². The van der Waals surface area contributed by atoms with Crippen molar-refractivity contribution in [3.05, 3.63) is 35.3 Å². The Morgan fingerprint density at radius 3 is 2.85 bits per heavy atom. The lowest BCUT2D eigenvalue weighted by Crippen LogP contribution is -2.70. The topological polar surface area (TPSA) is 155 Å². The molecule has 10 nitrogen and oxygen atoms in total. The number of primary amides is 1. The number of β-lactam (4-membered cyclic amide) rings is 1. The number of carboxylic acid groups (broad SMARTS) is 1. The smallest absolute Gasteiger partial charge is 0.404 e. The van der Waals surface area contributed by atoms with Crippen molar-refractivity contribution in [2.75, 3.05) is 12.4 Å². The van der Waals surface area contributed by atoms with Crippen LogP contribution in [0.15, 0.2) is 29.6 Å². The number of aromatic amines is 1. The number of amides is 3. The molecular weight excluding hydrogens is 364 g/mol. The number of ether oxygens (including phenoxy) is 1. The molecule has 26 heavy (non-hydrogen) atoms. The van der Waals surface area contributed by atoms with Crippen LogP contribution in [0.2, 0.25) is 0 Å². The summed E-state index contributed by atoms with van der Waals surface area (Å²) in [5, 5.41) is 11.5. The minimum atomic E-state index is -1.30. The summed E-state index contributed by atoms with van der Waals surface area (Å²) in [6.45, 7) is -0.301. The Morgan fingerprint density at radius 1 is 1.46 bits per heavy atom. The Labute approximate surface area is 151 Å². The Balaban J connectivity index is 1.69. The number of hydrogen-bond donors (Lipinski definition) is 4. The minimum absolute atomic E-state index is 0.0908. The van der Waals surface area contributed by atoms with E-state index < -0.39 is 29.4 Å². The number of nitrogens with one attached hydrogen (secondary N) is 2. The van der Waals surface area contributed by atoms with Gasteiger partial charge in [0.25, 0.3) is 5.91 Å². The van der Waals surface area contributed by atoms with Gasteiger partial charge in [-0.25, -0.2) is 9.59 Å². The molecule has 2 atom stereocenters. The molecule has 2 aliphatic rings. The third kappa shape index (κ3) is 3.38. The maximum absolute atomic E-state index is 12.4. The molecule has 138 valence electrons. The van der Waals surface area contributed by atoms with Crippen molar-refractivity contribution < 1.29 is 29.0 Å². The fourth-order valence-corrected chi connectivity index (χ4v) is 4.15. The number of H-pyrrole nitrogens is 1. The van der Waals surface area contributed by atoms with Crippen molar-refractivity contribution in [1.29, 1.82) is 0 Å². The highest BCUT2D eigenvalue weighted by atomic mass is 32.2. The van der Waals surface area contributed by atoms with Crippen molar-refractivity contribution in [3.8, 4) is 0 Å². The molecule has 0 radical (unpaired) electrons. The highest BCUT2D eigenvalue weighted by Crippen LogP contribution is 2.40. The zero-order valence-corrected chi connectivity index (χ0v) is 14.2. The molecule has 0 aromatic carbocycles. The number of nitrogens with two attached hydrogens (primary N) is 1. The summed E-state index contributed by atoms with van der Waals surface area (Å²) in [5.74, 6) is -1.92. The maximum Gasteiger partial charge on any atom is 0.404 e. The van der Waals surface area contributed by atoms with E-state index in [9.17, 15) is 24.3 Å². The average Bonchev–Trinajstić information content (AvgIpc) is 3.09. The first-order chi connectivity index (χ1) is 12.4. The number of carbonyl (C=O) groups is 4. The van der Waals surface area contributed by atoms with Crippen LogP contribution in [-0.2, 0) is 25.5 Å². The van der Waals surface area contributed by atoms with Crippen LogP contribution in [0.5, 0.6) is 0 Å². The zero-order chi connectivity index (χ0) is 18.8. The average molecular weight is 380 g/mol. The second-order valence-corrected chi connectivity index (χ2v) is 6.80. The van der Waals surface area contributed by atoms with Gasteiger partial charge in [0.05, 0.1) is 6.42 Å². The number of carboxylic acids is 1. The predicted molar refractivity (Wildman–Crippen MR) is 89.7 cm³/mol. The van der Waals surface area contributed by atoms with Crippen LogP contribution in [-0.4, -0.2) is 62.6 Å². The van der Waals surface area contributed by atoms with Gasteiger partial charge in [-0.3, -0.25) is 14.5 Å². The number of aliphatic carboxylic acids is 1. The van der Waals surface area contributed by atoms with Gasteiger partial charge in [0.15, 0.2) is 0 Å². The van der Waals surface area contributed by atoms with Crippen LogP contribution in [0.1, 0.15) is 5.69 Å². The lowest BCUT2D eigenvalue weighted by molar-refractivity contribution is -0.150. The summed E-state index contributed by atoms with van der Waals surface area (Å²) in [7, 11) is 0. The van der Waals surface area contributed by atoms with E-state index in [1.807, 2.05) is 0 Å². The summed E-state index contributed by atoms with van der Waals surface area (Å²) >= 11 is 1.28. The molecule has 1 fully saturated rings. The number of aromatic nitrogens is 1. The third-order valence-electron chi connectivity index (χ3n) is 3.97. The van der Waals surface area contributed by atoms with Crippen LogP contribution in [0.3, 0.4) is 0 Å². The maximum atomic E-state index is 12.4. The zero-order valence-electron chi connectivity index (χ0n) is 13.4. The first kappa shape index (κ1) is 17.9. The van der Waals surface area contributed by atoms with Crippen LogP contribution in [0, 0.1) is 0 Å². The first-order valence-corrected chi connectivity index (χ1v) is 8.67. The SMILES string of the molecule is NC(=O)OCC1=C(C(=O)O)N2C(=O)C(NC(=O)Cc3ccc[nH]3)[C@H]2SC1. The van der Waals surface area contributed by atoms with Crippen molar-refractivity contribution in [2.24, 2.45) is 5.73 Å². The van der Waals surface area contributed by atoms with Crippen LogP contribution in [0.25, 0.3) is 0 Å². The quantitative estimate of drug-likeness (QED) is 0.480. The Kier molecular flexibility index (Phi) is 4.89. The second-order valence-electron chi connectivity index (χ2n) is 5.69. The van der Waals surface area contributed by atoms with Crippen LogP contribution in [0.4, 0.5) is 4.79 Å². The number of rotatable bonds is 6. The molecule has 5 N–H and O–H groups in total. The number of thioether (sulfide) groups is 1. The van der Waals surface area contributed by atoms with E-state index in [1.165, 1.54) is 11.8 Å². The van der Waals surface area contributed by atoms with E-state index >= 15 is 0 Å². The molecule has 1 aromatic heterocycles. The molecule has 2 aliphatic heterocycles. The molecule has 0 aliphatic carbocycles. The number of hydrogen-bond acceptors (Lipinski definition) is 6. The van der Waals surface area contributed by atoms with Gasteiger partial charge < -0.3 is 25.9 Å². The fraction of sp³-hybridized carbons (Fsp3) is 0.333. The fourth-order valence-electron chi connectivity index (χ4n) is 2.83. The normalized spacial score (nSPS) is 21.7. The minimum Gasteiger partial charge on any atom is -0.477 e. The van der Waals surface area contributed by atoms with E-state index in [0.29, 0.717) is 5.69 Å². The highest BCUT2D eigenvalue weighted by molar-refractivity contribution is 8.00. The van der Waals surface area contributed by atoms with Gasteiger partial charge in [0.2, 0.25) is 5.91 Å². The van der Waals surface area contributed by atoms with Crippen LogP contribution < -0.4 is 11.1 Å². The molecule has 1 aromatic rings. The van der Waals surface area contributed by atoms with E-state index in [4.69, 9.17) is 5.73 Å². The molecule has 3 rings (SSSR count). The molecule has 1 unspecified atom stereocenters. The largest absolute Gasteiger partial charge is 0.477 e. The Morgan fingerprint density at radius 2 is 2.23 bits per heavy atom. The van der Waals surface area contributed by atoms with Crippen molar-refractivity contribution in [3.63, 3.8) is 0 Å². The molecule has 3 amide bonds. The standard InChI is InChI=1S/C15H16N4O6S/c16-15(24)25-5-7-6-26-13-10(12(21)19(13)11(7)14(22)23)18-9(20)4-8-2-1-3-17-8/h1-3,10,13,17H,4-6H2,(H2,16,24)(H,18,20)(H,22,23)/t10?,13-/m1/s1.